The number of fused-ring (bicyclic) bond motifs is 2. The molecular formula is C29H34N4O2. The zero-order valence-corrected chi connectivity index (χ0v) is 20.2. The van der Waals surface area contributed by atoms with Gasteiger partial charge in [0.1, 0.15) is 11.8 Å². The molecule has 0 heterocycles. The third-order valence-electron chi connectivity index (χ3n) is 9.91. The number of nitrogen functional groups attached to an aromatic ring is 1. The van der Waals surface area contributed by atoms with Gasteiger partial charge in [0.25, 0.3) is 0 Å². The van der Waals surface area contributed by atoms with Gasteiger partial charge in [-0.15, -0.1) is 0 Å². The fraction of sp³-hybridized carbons (Fsp3) is 0.483. The Kier molecular flexibility index (Phi) is 5.06. The molecule has 2 amide bonds. The monoisotopic (exact) mass is 470 g/mol. The van der Waals surface area contributed by atoms with Crippen molar-refractivity contribution in [2.24, 2.45) is 34.3 Å². The van der Waals surface area contributed by atoms with E-state index in [1.807, 2.05) is 30.3 Å². The molecule has 4 aliphatic rings. The van der Waals surface area contributed by atoms with Crippen molar-refractivity contribution >= 4 is 23.3 Å². The molecule has 4 aliphatic carbocycles. The predicted molar refractivity (Wildman–Crippen MR) is 136 cm³/mol. The number of amidine groups is 1. The average Bonchev–Trinajstić information content (AvgIpc) is 3.15. The van der Waals surface area contributed by atoms with Gasteiger partial charge in [-0.1, -0.05) is 30.3 Å². The summed E-state index contributed by atoms with van der Waals surface area (Å²) >= 11 is 0. The number of carbonyl (C=O) groups is 2. The lowest BCUT2D eigenvalue weighted by Crippen LogP contribution is -2.49. The largest absolute Gasteiger partial charge is 0.384 e. The molecule has 35 heavy (non-hydrogen) atoms. The number of amides is 2. The standard InChI is InChI=1S/C29H34N4O2/c1-17(28-13-18-11-21-12-22(15-28)29(21,14-18)16-28)32-26(34)24(19-5-3-2-4-6-19)27(35)33-23-9-7-20(8-10-23)25(30)31/h2-10,17-18,21-22,24H,11-16H2,1H3,(H3,30,31)(H,32,34)(H,33,35). The van der Waals surface area contributed by atoms with Crippen molar-refractivity contribution in [3.63, 3.8) is 0 Å². The molecule has 4 fully saturated rings. The van der Waals surface area contributed by atoms with E-state index in [0.29, 0.717) is 22.2 Å². The summed E-state index contributed by atoms with van der Waals surface area (Å²) in [5.41, 5.74) is 8.11. The molecule has 0 aromatic heterocycles. The normalized spacial score (nSPS) is 33.3. The predicted octanol–water partition coefficient (Wildman–Crippen LogP) is 4.41. The highest BCUT2D eigenvalue weighted by atomic mass is 16.2. The molecule has 2 aromatic rings. The first-order chi connectivity index (χ1) is 16.8. The summed E-state index contributed by atoms with van der Waals surface area (Å²) in [6, 6.07) is 16.1. The van der Waals surface area contributed by atoms with Crippen molar-refractivity contribution in [3.8, 4) is 0 Å². The fourth-order valence-corrected chi connectivity index (χ4v) is 8.40. The van der Waals surface area contributed by atoms with E-state index in [1.165, 1.54) is 38.5 Å². The minimum absolute atomic E-state index is 0.0276. The van der Waals surface area contributed by atoms with Gasteiger partial charge < -0.3 is 16.4 Å². The molecule has 6 nitrogen and oxygen atoms in total. The lowest BCUT2D eigenvalue weighted by molar-refractivity contribution is -0.130. The van der Waals surface area contributed by atoms with Crippen LogP contribution in [-0.2, 0) is 9.59 Å². The van der Waals surface area contributed by atoms with Crippen LogP contribution in [0.1, 0.15) is 62.5 Å². The second-order valence-corrected chi connectivity index (χ2v) is 11.7. The summed E-state index contributed by atoms with van der Waals surface area (Å²) in [6.45, 7) is 2.17. The number of hydrogen-bond acceptors (Lipinski definition) is 3. The van der Waals surface area contributed by atoms with Crippen molar-refractivity contribution < 1.29 is 9.59 Å². The highest BCUT2D eigenvalue weighted by Crippen LogP contribution is 2.79. The maximum absolute atomic E-state index is 13.7. The lowest BCUT2D eigenvalue weighted by atomic mass is 9.55. The first-order valence-electron chi connectivity index (χ1n) is 12.9. The molecular weight excluding hydrogens is 436 g/mol. The molecule has 0 aliphatic heterocycles. The number of hydrogen-bond donors (Lipinski definition) is 4. The van der Waals surface area contributed by atoms with Gasteiger partial charge in [-0.3, -0.25) is 15.0 Å². The van der Waals surface area contributed by atoms with Crippen LogP contribution in [0.3, 0.4) is 0 Å². The summed E-state index contributed by atoms with van der Waals surface area (Å²) in [7, 11) is 0. The van der Waals surface area contributed by atoms with Crippen LogP contribution in [0.4, 0.5) is 5.69 Å². The van der Waals surface area contributed by atoms with Crippen molar-refractivity contribution in [1.82, 2.24) is 5.32 Å². The maximum atomic E-state index is 13.7. The Bertz CT molecular complexity index is 1170. The highest BCUT2D eigenvalue weighted by Gasteiger charge is 2.71. The van der Waals surface area contributed by atoms with Crippen LogP contribution in [0.15, 0.2) is 54.6 Å². The Morgan fingerprint density at radius 3 is 2.43 bits per heavy atom. The molecule has 6 heteroatoms. The minimum Gasteiger partial charge on any atom is -0.384 e. The Morgan fingerprint density at radius 2 is 1.71 bits per heavy atom. The number of nitrogens with one attached hydrogen (secondary N) is 3. The molecule has 2 aromatic carbocycles. The topological polar surface area (TPSA) is 108 Å². The van der Waals surface area contributed by atoms with Crippen molar-refractivity contribution in [3.05, 3.63) is 65.7 Å². The molecule has 4 saturated carbocycles. The van der Waals surface area contributed by atoms with E-state index in [9.17, 15) is 9.59 Å². The molecule has 0 saturated heterocycles. The van der Waals surface area contributed by atoms with Crippen LogP contribution in [-0.4, -0.2) is 23.7 Å². The minimum atomic E-state index is -0.938. The number of benzene rings is 2. The Labute approximate surface area is 206 Å². The molecule has 182 valence electrons. The van der Waals surface area contributed by atoms with E-state index in [-0.39, 0.29) is 29.1 Å². The van der Waals surface area contributed by atoms with Crippen molar-refractivity contribution in [1.29, 1.82) is 5.41 Å². The van der Waals surface area contributed by atoms with E-state index in [2.05, 4.69) is 17.6 Å². The smallest absolute Gasteiger partial charge is 0.241 e. The third-order valence-corrected chi connectivity index (χ3v) is 9.91. The van der Waals surface area contributed by atoms with Gasteiger partial charge in [0, 0.05) is 17.3 Å². The SMILES string of the molecule is CC(NC(=O)C(C(=O)Nc1ccc(C(=N)N)cc1)c1ccccc1)C12CC3CC4CC(C1)C4(C3)C2. The summed E-state index contributed by atoms with van der Waals surface area (Å²) in [5, 5.41) is 13.8. The van der Waals surface area contributed by atoms with Gasteiger partial charge in [-0.25, -0.2) is 0 Å². The van der Waals surface area contributed by atoms with E-state index in [4.69, 9.17) is 11.1 Å². The van der Waals surface area contributed by atoms with Gasteiger partial charge in [-0.05, 0) is 104 Å². The highest BCUT2D eigenvalue weighted by molar-refractivity contribution is 6.11. The zero-order chi connectivity index (χ0) is 24.4. The van der Waals surface area contributed by atoms with Crippen molar-refractivity contribution in [2.75, 3.05) is 5.32 Å². The molecule has 0 radical (unpaired) electrons. The van der Waals surface area contributed by atoms with Crippen LogP contribution in [0.5, 0.6) is 0 Å². The Morgan fingerprint density at radius 1 is 0.971 bits per heavy atom. The molecule has 7 unspecified atom stereocenters. The molecule has 3 bridgehead atoms. The van der Waals surface area contributed by atoms with Crippen LogP contribution in [0.2, 0.25) is 0 Å². The van der Waals surface area contributed by atoms with Gasteiger partial charge in [0.05, 0.1) is 0 Å². The average molecular weight is 471 g/mol. The van der Waals surface area contributed by atoms with E-state index in [1.54, 1.807) is 24.3 Å². The first-order valence-corrected chi connectivity index (χ1v) is 12.9. The van der Waals surface area contributed by atoms with Gasteiger partial charge in [-0.2, -0.15) is 0 Å². The van der Waals surface area contributed by atoms with E-state index in [0.717, 1.165) is 17.8 Å². The molecule has 5 N–H and O–H groups in total. The van der Waals surface area contributed by atoms with Gasteiger partial charge >= 0.3 is 0 Å². The summed E-state index contributed by atoms with van der Waals surface area (Å²) in [4.78, 5) is 27.1. The third kappa shape index (κ3) is 3.48. The number of anilines is 1. The zero-order valence-electron chi connectivity index (χ0n) is 20.2. The van der Waals surface area contributed by atoms with E-state index < -0.39 is 5.92 Å². The Balaban J connectivity index is 1.21. The molecule has 7 atom stereocenters. The summed E-state index contributed by atoms with van der Waals surface area (Å²) in [5.74, 6) is 1.01. The lowest BCUT2D eigenvalue weighted by Gasteiger charge is -2.49. The second kappa shape index (κ2) is 7.94. The van der Waals surface area contributed by atoms with Gasteiger partial charge in [0.2, 0.25) is 11.8 Å². The van der Waals surface area contributed by atoms with Crippen LogP contribution < -0.4 is 16.4 Å². The van der Waals surface area contributed by atoms with Crippen LogP contribution >= 0.6 is 0 Å². The van der Waals surface area contributed by atoms with E-state index >= 15 is 0 Å². The van der Waals surface area contributed by atoms with Crippen LogP contribution in [0, 0.1) is 34.0 Å². The number of carbonyl (C=O) groups excluding carboxylic acids is 2. The first kappa shape index (κ1) is 22.3. The summed E-state index contributed by atoms with van der Waals surface area (Å²) < 4.78 is 0. The van der Waals surface area contributed by atoms with Gasteiger partial charge in [0.15, 0.2) is 0 Å². The van der Waals surface area contributed by atoms with Crippen LogP contribution in [0.25, 0.3) is 0 Å². The van der Waals surface area contributed by atoms with Crippen molar-refractivity contribution in [2.45, 2.75) is 57.4 Å². The summed E-state index contributed by atoms with van der Waals surface area (Å²) in [6.07, 6.45) is 7.87. The Hall–Kier alpha value is -3.15. The maximum Gasteiger partial charge on any atom is 0.241 e. The number of rotatable bonds is 7. The number of nitrogens with two attached hydrogens (primary N) is 1. The fourth-order valence-electron chi connectivity index (χ4n) is 8.40. The molecule has 1 spiro atoms. The molecule has 6 rings (SSSR count). The quantitative estimate of drug-likeness (QED) is 0.273. The second-order valence-electron chi connectivity index (χ2n) is 11.7.